The molecule has 2 fully saturated rings. The van der Waals surface area contributed by atoms with Gasteiger partial charge in [0.15, 0.2) is 0 Å². The van der Waals surface area contributed by atoms with Crippen LogP contribution in [0.4, 0.5) is 0 Å². The van der Waals surface area contributed by atoms with Crippen LogP contribution < -0.4 is 10.9 Å². The Bertz CT molecular complexity index is 772. The SMILES string of the molecule is O=C(Cn1cnc2sccc2c1=O)NC1CCN(C2CC2)CC1. The number of fused-ring (bicyclic) bond motifs is 1. The smallest absolute Gasteiger partial charge is 0.262 e. The summed E-state index contributed by atoms with van der Waals surface area (Å²) in [4.78, 5) is 32.0. The van der Waals surface area contributed by atoms with Crippen molar-refractivity contribution in [2.45, 2.75) is 44.3 Å². The van der Waals surface area contributed by atoms with Gasteiger partial charge >= 0.3 is 0 Å². The van der Waals surface area contributed by atoms with Crippen molar-refractivity contribution in [2.75, 3.05) is 13.1 Å². The number of likely N-dealkylation sites (tertiary alicyclic amines) is 1. The van der Waals surface area contributed by atoms with Crippen molar-refractivity contribution in [1.82, 2.24) is 19.8 Å². The molecule has 122 valence electrons. The fourth-order valence-corrected chi connectivity index (χ4v) is 4.01. The van der Waals surface area contributed by atoms with Crippen molar-refractivity contribution in [3.63, 3.8) is 0 Å². The Labute approximate surface area is 138 Å². The molecule has 0 spiro atoms. The first-order valence-electron chi connectivity index (χ1n) is 8.17. The Kier molecular flexibility index (Phi) is 3.90. The molecule has 0 radical (unpaired) electrons. The summed E-state index contributed by atoms with van der Waals surface area (Å²) in [5.41, 5.74) is -0.144. The molecule has 0 aromatic carbocycles. The van der Waals surface area contributed by atoms with Gasteiger partial charge in [-0.15, -0.1) is 11.3 Å². The van der Waals surface area contributed by atoms with E-state index in [1.54, 1.807) is 6.07 Å². The van der Waals surface area contributed by atoms with Gasteiger partial charge in [0.05, 0.1) is 11.7 Å². The maximum absolute atomic E-state index is 12.3. The molecule has 0 unspecified atom stereocenters. The van der Waals surface area contributed by atoms with Gasteiger partial charge in [0.25, 0.3) is 5.56 Å². The van der Waals surface area contributed by atoms with E-state index in [0.717, 1.165) is 36.8 Å². The Hall–Kier alpha value is -1.73. The van der Waals surface area contributed by atoms with Gasteiger partial charge in [-0.1, -0.05) is 0 Å². The Morgan fingerprint density at radius 2 is 2.09 bits per heavy atom. The minimum atomic E-state index is -0.144. The van der Waals surface area contributed by atoms with Crippen LogP contribution in [-0.4, -0.2) is 45.5 Å². The number of thiophene rings is 1. The van der Waals surface area contributed by atoms with Crippen molar-refractivity contribution in [2.24, 2.45) is 0 Å². The van der Waals surface area contributed by atoms with Crippen LogP contribution in [0.5, 0.6) is 0 Å². The summed E-state index contributed by atoms with van der Waals surface area (Å²) < 4.78 is 1.39. The van der Waals surface area contributed by atoms with Crippen LogP contribution in [0.15, 0.2) is 22.6 Å². The highest BCUT2D eigenvalue weighted by Crippen LogP contribution is 2.29. The van der Waals surface area contributed by atoms with E-state index in [1.807, 2.05) is 5.38 Å². The van der Waals surface area contributed by atoms with E-state index in [-0.39, 0.29) is 24.1 Å². The van der Waals surface area contributed by atoms with Crippen LogP contribution in [-0.2, 0) is 11.3 Å². The lowest BCUT2D eigenvalue weighted by molar-refractivity contribution is -0.122. The zero-order chi connectivity index (χ0) is 15.8. The lowest BCUT2D eigenvalue weighted by Gasteiger charge is -2.32. The summed E-state index contributed by atoms with van der Waals surface area (Å²) in [6, 6.07) is 2.79. The Morgan fingerprint density at radius 3 is 2.83 bits per heavy atom. The molecule has 2 aliphatic rings. The normalized spacial score (nSPS) is 20.0. The second-order valence-corrected chi connectivity index (χ2v) is 7.32. The molecule has 2 aromatic heterocycles. The number of nitrogens with zero attached hydrogens (tertiary/aromatic N) is 3. The highest BCUT2D eigenvalue weighted by Gasteiger charge is 2.32. The predicted molar refractivity (Wildman–Crippen MR) is 89.6 cm³/mol. The van der Waals surface area contributed by atoms with Crippen molar-refractivity contribution in [3.8, 4) is 0 Å². The third kappa shape index (κ3) is 3.16. The third-order valence-electron chi connectivity index (χ3n) is 4.72. The predicted octanol–water partition coefficient (Wildman–Crippen LogP) is 1.20. The van der Waals surface area contributed by atoms with Crippen molar-refractivity contribution >= 4 is 27.5 Å². The fourth-order valence-electron chi connectivity index (χ4n) is 3.28. The molecular weight excluding hydrogens is 312 g/mol. The number of hydrogen-bond donors (Lipinski definition) is 1. The third-order valence-corrected chi connectivity index (χ3v) is 5.54. The minimum Gasteiger partial charge on any atom is -0.352 e. The molecule has 3 heterocycles. The highest BCUT2D eigenvalue weighted by molar-refractivity contribution is 7.16. The highest BCUT2D eigenvalue weighted by atomic mass is 32.1. The number of aromatic nitrogens is 2. The quantitative estimate of drug-likeness (QED) is 0.914. The molecule has 1 aliphatic heterocycles. The van der Waals surface area contributed by atoms with E-state index in [0.29, 0.717) is 5.39 Å². The molecule has 23 heavy (non-hydrogen) atoms. The monoisotopic (exact) mass is 332 g/mol. The van der Waals surface area contributed by atoms with Crippen LogP contribution in [0.25, 0.3) is 10.2 Å². The van der Waals surface area contributed by atoms with E-state index < -0.39 is 0 Å². The van der Waals surface area contributed by atoms with E-state index in [9.17, 15) is 9.59 Å². The number of nitrogens with one attached hydrogen (secondary N) is 1. The van der Waals surface area contributed by atoms with Gasteiger partial charge in [0.2, 0.25) is 5.91 Å². The summed E-state index contributed by atoms with van der Waals surface area (Å²) in [5, 5.41) is 5.50. The molecule has 2 aromatic rings. The molecule has 1 N–H and O–H groups in total. The van der Waals surface area contributed by atoms with Crippen LogP contribution in [0.2, 0.25) is 0 Å². The summed E-state index contributed by atoms with van der Waals surface area (Å²) in [6.45, 7) is 2.18. The molecule has 0 bridgehead atoms. The average molecular weight is 332 g/mol. The van der Waals surface area contributed by atoms with Gasteiger partial charge < -0.3 is 10.2 Å². The van der Waals surface area contributed by atoms with E-state index >= 15 is 0 Å². The van der Waals surface area contributed by atoms with Crippen molar-refractivity contribution in [1.29, 1.82) is 0 Å². The zero-order valence-corrected chi connectivity index (χ0v) is 13.7. The van der Waals surface area contributed by atoms with Gasteiger partial charge in [0.1, 0.15) is 11.4 Å². The maximum Gasteiger partial charge on any atom is 0.262 e. The largest absolute Gasteiger partial charge is 0.352 e. The van der Waals surface area contributed by atoms with Crippen LogP contribution >= 0.6 is 11.3 Å². The molecule has 1 saturated heterocycles. The van der Waals surface area contributed by atoms with Gasteiger partial charge in [-0.25, -0.2) is 4.98 Å². The standard InChI is InChI=1S/C16H20N4O2S/c21-14(18-11-3-6-19(7-4-11)12-1-2-12)9-20-10-17-15-13(16(20)22)5-8-23-15/h5,8,10-12H,1-4,6-7,9H2,(H,18,21). The number of piperidine rings is 1. The van der Waals surface area contributed by atoms with Gasteiger partial charge in [-0.05, 0) is 37.1 Å². The van der Waals surface area contributed by atoms with Gasteiger partial charge in [-0.2, -0.15) is 0 Å². The first-order chi connectivity index (χ1) is 11.2. The minimum absolute atomic E-state index is 0.0421. The zero-order valence-electron chi connectivity index (χ0n) is 12.9. The van der Waals surface area contributed by atoms with E-state index in [4.69, 9.17) is 0 Å². The summed E-state index contributed by atoms with van der Waals surface area (Å²) >= 11 is 1.44. The van der Waals surface area contributed by atoms with E-state index in [1.165, 1.54) is 35.1 Å². The number of hydrogen-bond acceptors (Lipinski definition) is 5. The lowest BCUT2D eigenvalue weighted by Crippen LogP contribution is -2.46. The first-order valence-corrected chi connectivity index (χ1v) is 9.05. The maximum atomic E-state index is 12.3. The molecule has 1 amide bonds. The molecule has 7 heteroatoms. The second kappa shape index (κ2) is 6.05. The molecular formula is C16H20N4O2S. The Balaban J connectivity index is 1.35. The van der Waals surface area contributed by atoms with Gasteiger partial charge in [0, 0.05) is 25.2 Å². The molecule has 1 aliphatic carbocycles. The van der Waals surface area contributed by atoms with Crippen LogP contribution in [0.1, 0.15) is 25.7 Å². The number of carbonyl (C=O) groups excluding carboxylic acids is 1. The molecule has 1 saturated carbocycles. The number of carbonyl (C=O) groups is 1. The number of amides is 1. The van der Waals surface area contributed by atoms with E-state index in [2.05, 4.69) is 15.2 Å². The van der Waals surface area contributed by atoms with Crippen molar-refractivity contribution < 1.29 is 4.79 Å². The summed E-state index contributed by atoms with van der Waals surface area (Å²) in [7, 11) is 0. The average Bonchev–Trinajstić information content (AvgIpc) is 3.28. The lowest BCUT2D eigenvalue weighted by atomic mass is 10.0. The van der Waals surface area contributed by atoms with Crippen molar-refractivity contribution in [3.05, 3.63) is 28.1 Å². The first kappa shape index (κ1) is 14.8. The summed E-state index contributed by atoms with van der Waals surface area (Å²) in [6.07, 6.45) is 6.13. The number of rotatable bonds is 4. The van der Waals surface area contributed by atoms with Crippen LogP contribution in [0.3, 0.4) is 0 Å². The molecule has 4 rings (SSSR count). The van der Waals surface area contributed by atoms with Crippen LogP contribution in [0, 0.1) is 0 Å². The topological polar surface area (TPSA) is 67.2 Å². The second-order valence-electron chi connectivity index (χ2n) is 6.43. The van der Waals surface area contributed by atoms with Gasteiger partial charge in [-0.3, -0.25) is 14.2 Å². The summed E-state index contributed by atoms with van der Waals surface area (Å²) in [5.74, 6) is -0.103. The fraction of sp³-hybridized carbons (Fsp3) is 0.562. The molecule has 6 nitrogen and oxygen atoms in total. The Morgan fingerprint density at radius 1 is 1.30 bits per heavy atom. The molecule has 0 atom stereocenters.